The van der Waals surface area contributed by atoms with Gasteiger partial charge in [0.15, 0.2) is 6.61 Å². The first-order chi connectivity index (χ1) is 16.5. The van der Waals surface area contributed by atoms with Crippen LogP contribution in [0.1, 0.15) is 17.5 Å². The number of carbonyl (C=O) groups is 3. The fraction of sp³-hybridized carbons (Fsp3) is 0.222. The molecule has 1 heterocycles. The Morgan fingerprint density at radius 1 is 0.971 bits per heavy atom. The number of anilines is 2. The number of nitrogens with zero attached hydrogens (tertiary/aromatic N) is 1. The van der Waals surface area contributed by atoms with Crippen molar-refractivity contribution in [3.63, 3.8) is 0 Å². The van der Waals surface area contributed by atoms with E-state index in [2.05, 4.69) is 10.6 Å². The summed E-state index contributed by atoms with van der Waals surface area (Å²) < 4.78 is 5.55. The highest BCUT2D eigenvalue weighted by Gasteiger charge is 2.35. The van der Waals surface area contributed by atoms with Crippen LogP contribution in [0.4, 0.5) is 11.4 Å². The number of amides is 3. The fourth-order valence-electron chi connectivity index (χ4n) is 3.86. The first kappa shape index (κ1) is 23.0. The van der Waals surface area contributed by atoms with Crippen LogP contribution in [0.25, 0.3) is 0 Å². The van der Waals surface area contributed by atoms with Crippen LogP contribution in [0.2, 0.25) is 0 Å². The number of carbonyl (C=O) groups excluding carboxylic acids is 3. The Labute approximate surface area is 198 Å². The summed E-state index contributed by atoms with van der Waals surface area (Å²) in [5.74, 6) is -0.347. The van der Waals surface area contributed by atoms with Crippen LogP contribution in [0.3, 0.4) is 0 Å². The normalized spacial score (nSPS) is 15.1. The molecule has 0 aromatic heterocycles. The first-order valence-electron chi connectivity index (χ1n) is 11.2. The molecule has 7 heteroatoms. The Balaban J connectivity index is 1.27. The van der Waals surface area contributed by atoms with Crippen LogP contribution in [0.15, 0.2) is 78.9 Å². The summed E-state index contributed by atoms with van der Waals surface area (Å²) in [4.78, 5) is 38.8. The fourth-order valence-corrected chi connectivity index (χ4v) is 3.86. The van der Waals surface area contributed by atoms with Gasteiger partial charge in [0.25, 0.3) is 5.91 Å². The summed E-state index contributed by atoms with van der Waals surface area (Å²) in [6.45, 7) is 2.66. The lowest BCUT2D eigenvalue weighted by molar-refractivity contribution is -0.126. The Morgan fingerprint density at radius 3 is 2.41 bits per heavy atom. The van der Waals surface area contributed by atoms with E-state index in [0.29, 0.717) is 30.2 Å². The molecule has 0 unspecified atom stereocenters. The van der Waals surface area contributed by atoms with Gasteiger partial charge in [0.05, 0.1) is 5.92 Å². The Bertz CT molecular complexity index is 1160. The van der Waals surface area contributed by atoms with Gasteiger partial charge in [0.1, 0.15) is 5.75 Å². The number of aryl methyl sites for hydroxylation is 1. The van der Waals surface area contributed by atoms with Crippen molar-refractivity contribution >= 4 is 29.1 Å². The highest BCUT2D eigenvalue weighted by atomic mass is 16.5. The van der Waals surface area contributed by atoms with E-state index in [1.54, 1.807) is 41.3 Å². The molecule has 3 aromatic rings. The third-order valence-corrected chi connectivity index (χ3v) is 5.79. The van der Waals surface area contributed by atoms with E-state index in [-0.39, 0.29) is 30.7 Å². The van der Waals surface area contributed by atoms with Gasteiger partial charge in [-0.25, -0.2) is 0 Å². The van der Waals surface area contributed by atoms with E-state index < -0.39 is 5.92 Å². The van der Waals surface area contributed by atoms with Gasteiger partial charge < -0.3 is 20.3 Å². The maximum absolute atomic E-state index is 12.6. The lowest BCUT2D eigenvalue weighted by Gasteiger charge is -2.17. The lowest BCUT2D eigenvalue weighted by Crippen LogP contribution is -2.32. The Morgan fingerprint density at radius 2 is 1.68 bits per heavy atom. The average Bonchev–Trinajstić information content (AvgIpc) is 3.24. The zero-order valence-electron chi connectivity index (χ0n) is 19.0. The van der Waals surface area contributed by atoms with Gasteiger partial charge in [-0.1, -0.05) is 42.5 Å². The molecule has 4 rings (SSSR count). The number of ether oxygens (including phenoxy) is 1. The molecule has 0 saturated carbocycles. The zero-order valence-corrected chi connectivity index (χ0v) is 19.0. The van der Waals surface area contributed by atoms with Crippen molar-refractivity contribution in [1.29, 1.82) is 0 Å². The van der Waals surface area contributed by atoms with Gasteiger partial charge in [-0.15, -0.1) is 0 Å². The van der Waals surface area contributed by atoms with Crippen molar-refractivity contribution in [3.8, 4) is 5.75 Å². The summed E-state index contributed by atoms with van der Waals surface area (Å²) in [6, 6.07) is 24.0. The molecule has 0 spiro atoms. The van der Waals surface area contributed by atoms with Crippen molar-refractivity contribution < 1.29 is 19.1 Å². The molecule has 1 aliphatic heterocycles. The highest BCUT2D eigenvalue weighted by Crippen LogP contribution is 2.27. The maximum Gasteiger partial charge on any atom is 0.262 e. The molecule has 3 aromatic carbocycles. The van der Waals surface area contributed by atoms with Gasteiger partial charge in [0.2, 0.25) is 11.8 Å². The second-order valence-corrected chi connectivity index (χ2v) is 8.25. The minimum Gasteiger partial charge on any atom is -0.484 e. The molecule has 1 saturated heterocycles. The molecular weight excluding hydrogens is 430 g/mol. The molecule has 34 heavy (non-hydrogen) atoms. The standard InChI is InChI=1S/C27H27N3O4/c1-19-7-5-6-8-20(19)16-28-27(33)21-15-26(32)30(17-21)23-11-13-24(14-12-23)34-18-25(31)29-22-9-3-2-4-10-22/h2-14,21H,15-18H2,1H3,(H,28,33)(H,29,31)/t21-/m0/s1. The zero-order chi connectivity index (χ0) is 23.9. The van der Waals surface area contributed by atoms with E-state index in [1.807, 2.05) is 49.4 Å². The first-order valence-corrected chi connectivity index (χ1v) is 11.2. The number of hydrogen-bond donors (Lipinski definition) is 2. The van der Waals surface area contributed by atoms with E-state index in [9.17, 15) is 14.4 Å². The summed E-state index contributed by atoms with van der Waals surface area (Å²) in [6.07, 6.45) is 0.178. The Hall–Kier alpha value is -4.13. The van der Waals surface area contributed by atoms with Crippen molar-refractivity contribution in [1.82, 2.24) is 5.32 Å². The van der Waals surface area contributed by atoms with E-state index in [1.165, 1.54) is 0 Å². The smallest absolute Gasteiger partial charge is 0.262 e. The molecule has 174 valence electrons. The number of hydrogen-bond acceptors (Lipinski definition) is 4. The van der Waals surface area contributed by atoms with Crippen LogP contribution in [0, 0.1) is 12.8 Å². The highest BCUT2D eigenvalue weighted by molar-refractivity contribution is 6.00. The van der Waals surface area contributed by atoms with Crippen molar-refractivity contribution in [2.24, 2.45) is 5.92 Å². The van der Waals surface area contributed by atoms with Crippen molar-refractivity contribution in [2.75, 3.05) is 23.4 Å². The molecule has 0 bridgehead atoms. The molecule has 1 atom stereocenters. The molecule has 0 aliphatic carbocycles. The number of rotatable bonds is 8. The van der Waals surface area contributed by atoms with Crippen LogP contribution >= 0.6 is 0 Å². The summed E-state index contributed by atoms with van der Waals surface area (Å²) in [5.41, 5.74) is 3.58. The maximum atomic E-state index is 12.6. The third-order valence-electron chi connectivity index (χ3n) is 5.79. The summed E-state index contributed by atoms with van der Waals surface area (Å²) in [5, 5.41) is 5.71. The molecule has 7 nitrogen and oxygen atoms in total. The SMILES string of the molecule is Cc1ccccc1CNC(=O)[C@H]1CC(=O)N(c2ccc(OCC(=O)Nc3ccccc3)cc2)C1. The minimum absolute atomic E-state index is 0.0908. The van der Waals surface area contributed by atoms with E-state index in [0.717, 1.165) is 11.1 Å². The van der Waals surface area contributed by atoms with E-state index in [4.69, 9.17) is 4.74 Å². The summed E-state index contributed by atoms with van der Waals surface area (Å²) >= 11 is 0. The predicted octanol–water partition coefficient (Wildman–Crippen LogP) is 3.68. The van der Waals surface area contributed by atoms with Gasteiger partial charge in [-0.05, 0) is 54.4 Å². The van der Waals surface area contributed by atoms with Crippen LogP contribution < -0.4 is 20.3 Å². The monoisotopic (exact) mass is 457 g/mol. The van der Waals surface area contributed by atoms with Gasteiger partial charge in [-0.3, -0.25) is 14.4 Å². The second kappa shape index (κ2) is 10.7. The average molecular weight is 458 g/mol. The summed E-state index contributed by atoms with van der Waals surface area (Å²) in [7, 11) is 0. The quantitative estimate of drug-likeness (QED) is 0.540. The number of para-hydroxylation sites is 1. The predicted molar refractivity (Wildman–Crippen MR) is 130 cm³/mol. The molecule has 1 fully saturated rings. The second-order valence-electron chi connectivity index (χ2n) is 8.25. The van der Waals surface area contributed by atoms with Crippen LogP contribution in [-0.2, 0) is 20.9 Å². The number of nitrogens with one attached hydrogen (secondary N) is 2. The van der Waals surface area contributed by atoms with Crippen molar-refractivity contribution in [3.05, 3.63) is 90.0 Å². The van der Waals surface area contributed by atoms with Gasteiger partial charge in [0, 0.05) is 30.9 Å². The van der Waals surface area contributed by atoms with Gasteiger partial charge in [-0.2, -0.15) is 0 Å². The molecular formula is C27H27N3O4. The number of benzene rings is 3. The van der Waals surface area contributed by atoms with Gasteiger partial charge >= 0.3 is 0 Å². The largest absolute Gasteiger partial charge is 0.484 e. The van der Waals surface area contributed by atoms with E-state index >= 15 is 0 Å². The molecule has 0 radical (unpaired) electrons. The van der Waals surface area contributed by atoms with Crippen molar-refractivity contribution in [2.45, 2.75) is 19.9 Å². The van der Waals surface area contributed by atoms with Crippen LogP contribution in [-0.4, -0.2) is 30.9 Å². The third kappa shape index (κ3) is 5.81. The minimum atomic E-state index is -0.394. The van der Waals surface area contributed by atoms with Crippen LogP contribution in [0.5, 0.6) is 5.75 Å². The topological polar surface area (TPSA) is 87.7 Å². The molecule has 3 amide bonds. The molecule has 1 aliphatic rings. The molecule has 2 N–H and O–H groups in total. The lowest BCUT2D eigenvalue weighted by atomic mass is 10.1. The Kier molecular flexibility index (Phi) is 7.22.